The maximum absolute atomic E-state index is 5.26. The number of nitrogens with zero attached hydrogens (tertiary/aromatic N) is 5. The van der Waals surface area contributed by atoms with Crippen LogP contribution in [0.25, 0.3) is 28.7 Å². The van der Waals surface area contributed by atoms with Gasteiger partial charge in [0.15, 0.2) is 11.5 Å². The smallest absolute Gasteiger partial charge is 0.177 e. The fourth-order valence-electron chi connectivity index (χ4n) is 2.67. The first kappa shape index (κ1) is 15.3. The summed E-state index contributed by atoms with van der Waals surface area (Å²) in [5.41, 5.74) is 4.31. The van der Waals surface area contributed by atoms with E-state index in [4.69, 9.17) is 4.74 Å². The number of hydrogen-bond acceptors (Lipinski definition) is 5. The van der Waals surface area contributed by atoms with Gasteiger partial charge in [-0.05, 0) is 44.2 Å². The summed E-state index contributed by atoms with van der Waals surface area (Å²) < 4.78 is 7.07. The van der Waals surface area contributed by atoms with E-state index in [1.54, 1.807) is 17.8 Å². The first-order valence-corrected chi connectivity index (χ1v) is 7.96. The molecule has 3 heterocycles. The molecule has 0 saturated heterocycles. The van der Waals surface area contributed by atoms with Crippen LogP contribution in [-0.4, -0.2) is 31.7 Å². The molecule has 0 N–H and O–H groups in total. The van der Waals surface area contributed by atoms with Gasteiger partial charge in [0.1, 0.15) is 5.75 Å². The van der Waals surface area contributed by atoms with E-state index in [-0.39, 0.29) is 0 Å². The number of fused-ring (bicyclic) bond motifs is 2. The van der Waals surface area contributed by atoms with Crippen molar-refractivity contribution in [2.75, 3.05) is 7.11 Å². The van der Waals surface area contributed by atoms with Crippen molar-refractivity contribution >= 4 is 28.7 Å². The third-order valence-corrected chi connectivity index (χ3v) is 4.05. The van der Waals surface area contributed by atoms with E-state index >= 15 is 0 Å². The lowest BCUT2D eigenvalue weighted by atomic mass is 10.2. The Hall–Kier alpha value is -3.28. The predicted molar refractivity (Wildman–Crippen MR) is 97.5 cm³/mol. The number of aromatic nitrogens is 5. The Morgan fingerprint density at radius 3 is 2.68 bits per heavy atom. The lowest BCUT2D eigenvalue weighted by Gasteiger charge is -2.02. The van der Waals surface area contributed by atoms with Crippen molar-refractivity contribution in [3.8, 4) is 5.75 Å². The highest BCUT2D eigenvalue weighted by Crippen LogP contribution is 2.20. The molecule has 3 aromatic heterocycles. The second kappa shape index (κ2) is 5.98. The minimum Gasteiger partial charge on any atom is -0.497 e. The van der Waals surface area contributed by atoms with Crippen LogP contribution in [0, 0.1) is 13.8 Å². The topological polar surface area (TPSA) is 65.2 Å². The molecule has 0 fully saturated rings. The Morgan fingerprint density at radius 2 is 1.88 bits per heavy atom. The van der Waals surface area contributed by atoms with Gasteiger partial charge in [0.25, 0.3) is 0 Å². The van der Waals surface area contributed by atoms with Crippen LogP contribution < -0.4 is 4.74 Å². The molecule has 0 aliphatic heterocycles. The Bertz CT molecular complexity index is 1070. The number of benzene rings is 1. The molecule has 4 rings (SSSR count). The number of hydrogen-bond donors (Lipinski definition) is 0. The van der Waals surface area contributed by atoms with Crippen LogP contribution in [-0.2, 0) is 0 Å². The van der Waals surface area contributed by atoms with Crippen LogP contribution in [0.1, 0.15) is 22.9 Å². The molecule has 0 unspecified atom stereocenters. The van der Waals surface area contributed by atoms with E-state index in [0.717, 1.165) is 39.4 Å². The van der Waals surface area contributed by atoms with Crippen molar-refractivity contribution in [2.24, 2.45) is 0 Å². The van der Waals surface area contributed by atoms with Crippen molar-refractivity contribution in [3.63, 3.8) is 0 Å². The third-order valence-electron chi connectivity index (χ3n) is 4.05. The second-order valence-electron chi connectivity index (χ2n) is 5.82. The van der Waals surface area contributed by atoms with E-state index in [1.807, 2.05) is 56.3 Å². The molecule has 0 atom stereocenters. The first-order chi connectivity index (χ1) is 12.1. The lowest BCUT2D eigenvalue weighted by Crippen LogP contribution is -1.97. The van der Waals surface area contributed by atoms with Gasteiger partial charge in [0.2, 0.25) is 0 Å². The molecule has 0 spiro atoms. The van der Waals surface area contributed by atoms with Gasteiger partial charge in [-0.25, -0.2) is 14.5 Å². The van der Waals surface area contributed by atoms with Gasteiger partial charge in [-0.3, -0.25) is 4.98 Å². The predicted octanol–water partition coefficient (Wildman–Crippen LogP) is 3.47. The minimum absolute atomic E-state index is 0.631. The molecule has 0 radical (unpaired) electrons. The molecule has 25 heavy (non-hydrogen) atoms. The van der Waals surface area contributed by atoms with Gasteiger partial charge in [-0.15, -0.1) is 5.10 Å². The standard InChI is InChI=1S/C19H17N5O/c1-12-11-20-13(2)19-22-18(23-24(12)19)9-7-15-6-4-14-5-8-16(25-3)10-17(14)21-15/h4-11H,1-3H3/b9-7+. The highest BCUT2D eigenvalue weighted by Gasteiger charge is 2.07. The third kappa shape index (κ3) is 2.82. The average Bonchev–Trinajstić information content (AvgIpc) is 3.08. The second-order valence-corrected chi connectivity index (χ2v) is 5.82. The number of methoxy groups -OCH3 is 1. The van der Waals surface area contributed by atoms with E-state index in [2.05, 4.69) is 20.1 Å². The van der Waals surface area contributed by atoms with Gasteiger partial charge in [-0.2, -0.15) is 0 Å². The van der Waals surface area contributed by atoms with Crippen molar-refractivity contribution in [3.05, 3.63) is 59.4 Å². The Balaban J connectivity index is 1.70. The van der Waals surface area contributed by atoms with Crippen LogP contribution in [0.3, 0.4) is 0 Å². The van der Waals surface area contributed by atoms with Gasteiger partial charge >= 0.3 is 0 Å². The molecule has 0 bridgehead atoms. The number of pyridine rings is 1. The highest BCUT2D eigenvalue weighted by atomic mass is 16.5. The number of rotatable bonds is 3. The van der Waals surface area contributed by atoms with E-state index in [0.29, 0.717) is 5.82 Å². The van der Waals surface area contributed by atoms with E-state index < -0.39 is 0 Å². The maximum Gasteiger partial charge on any atom is 0.177 e. The lowest BCUT2D eigenvalue weighted by molar-refractivity contribution is 0.415. The van der Waals surface area contributed by atoms with Crippen molar-refractivity contribution in [2.45, 2.75) is 13.8 Å². The number of ether oxygens (including phenoxy) is 1. The zero-order chi connectivity index (χ0) is 17.4. The summed E-state index contributed by atoms with van der Waals surface area (Å²) in [7, 11) is 1.65. The zero-order valence-electron chi connectivity index (χ0n) is 14.3. The van der Waals surface area contributed by atoms with Crippen LogP contribution >= 0.6 is 0 Å². The Labute approximate surface area is 144 Å². The summed E-state index contributed by atoms with van der Waals surface area (Å²) in [5, 5.41) is 5.58. The van der Waals surface area contributed by atoms with Crippen LogP contribution in [0.15, 0.2) is 36.5 Å². The largest absolute Gasteiger partial charge is 0.497 e. The summed E-state index contributed by atoms with van der Waals surface area (Å²) in [5.74, 6) is 1.42. The quantitative estimate of drug-likeness (QED) is 0.575. The average molecular weight is 331 g/mol. The molecular formula is C19H17N5O. The van der Waals surface area contributed by atoms with Crippen LogP contribution in [0.5, 0.6) is 5.75 Å². The molecular weight excluding hydrogens is 314 g/mol. The number of aryl methyl sites for hydroxylation is 2. The Kier molecular flexibility index (Phi) is 3.65. The molecule has 124 valence electrons. The normalized spacial score (nSPS) is 11.6. The molecule has 4 aromatic rings. The SMILES string of the molecule is COc1ccc2ccc(/C=C/c3nc4c(C)ncc(C)n4n3)nc2c1. The van der Waals surface area contributed by atoms with Gasteiger partial charge in [0.05, 0.1) is 29.7 Å². The fourth-order valence-corrected chi connectivity index (χ4v) is 2.67. The van der Waals surface area contributed by atoms with E-state index in [1.165, 1.54) is 0 Å². The zero-order valence-corrected chi connectivity index (χ0v) is 14.3. The van der Waals surface area contributed by atoms with Crippen LogP contribution in [0.2, 0.25) is 0 Å². The minimum atomic E-state index is 0.631. The molecule has 0 amide bonds. The monoisotopic (exact) mass is 331 g/mol. The van der Waals surface area contributed by atoms with Crippen molar-refractivity contribution < 1.29 is 4.74 Å². The summed E-state index contributed by atoms with van der Waals surface area (Å²) in [6.45, 7) is 3.88. The van der Waals surface area contributed by atoms with Gasteiger partial charge < -0.3 is 4.74 Å². The highest BCUT2D eigenvalue weighted by molar-refractivity contribution is 5.82. The van der Waals surface area contributed by atoms with Crippen LogP contribution in [0.4, 0.5) is 0 Å². The van der Waals surface area contributed by atoms with Gasteiger partial charge in [-0.1, -0.05) is 6.07 Å². The summed E-state index contributed by atoms with van der Waals surface area (Å²) >= 11 is 0. The van der Waals surface area contributed by atoms with Crippen molar-refractivity contribution in [1.29, 1.82) is 0 Å². The molecule has 6 nitrogen and oxygen atoms in total. The Morgan fingerprint density at radius 1 is 1.04 bits per heavy atom. The summed E-state index contributed by atoms with van der Waals surface area (Å²) in [4.78, 5) is 13.5. The molecule has 0 saturated carbocycles. The van der Waals surface area contributed by atoms with Gasteiger partial charge in [0, 0.05) is 17.6 Å². The van der Waals surface area contributed by atoms with Crippen molar-refractivity contribution in [1.82, 2.24) is 24.6 Å². The fraction of sp³-hybridized carbons (Fsp3) is 0.158. The summed E-state index contributed by atoms with van der Waals surface area (Å²) in [6.07, 6.45) is 5.56. The molecule has 0 aliphatic carbocycles. The summed E-state index contributed by atoms with van der Waals surface area (Å²) in [6, 6.07) is 9.86. The molecule has 1 aromatic carbocycles. The first-order valence-electron chi connectivity index (χ1n) is 7.96. The molecule has 6 heteroatoms. The maximum atomic E-state index is 5.26. The molecule has 0 aliphatic rings. The van der Waals surface area contributed by atoms with E-state index in [9.17, 15) is 0 Å².